The SMILES string of the molecule is C/C(=N/NC(=O)c1cccc2ccccc12)c1ccccc1Cl. The topological polar surface area (TPSA) is 41.5 Å². The number of nitrogens with one attached hydrogen (secondary N) is 1. The van der Waals surface area contributed by atoms with Gasteiger partial charge in [0.2, 0.25) is 0 Å². The van der Waals surface area contributed by atoms with Crippen molar-refractivity contribution in [1.29, 1.82) is 0 Å². The maximum atomic E-state index is 12.4. The number of fused-ring (bicyclic) bond motifs is 1. The summed E-state index contributed by atoms with van der Waals surface area (Å²) in [6.45, 7) is 1.81. The van der Waals surface area contributed by atoms with Crippen molar-refractivity contribution in [3.63, 3.8) is 0 Å². The summed E-state index contributed by atoms with van der Waals surface area (Å²) < 4.78 is 0. The zero-order valence-electron chi connectivity index (χ0n) is 12.6. The molecular weight excluding hydrogens is 308 g/mol. The summed E-state index contributed by atoms with van der Waals surface area (Å²) in [4.78, 5) is 12.4. The Morgan fingerprint density at radius 2 is 1.57 bits per heavy atom. The monoisotopic (exact) mass is 322 g/mol. The Balaban J connectivity index is 1.87. The summed E-state index contributed by atoms with van der Waals surface area (Å²) in [5, 5.41) is 6.70. The molecule has 0 aliphatic heterocycles. The second-order valence-corrected chi connectivity index (χ2v) is 5.55. The maximum absolute atomic E-state index is 12.4. The molecule has 3 aromatic carbocycles. The molecule has 0 saturated carbocycles. The highest BCUT2D eigenvalue weighted by Crippen LogP contribution is 2.19. The standard InChI is InChI=1S/C19H15ClN2O/c1-13(15-9-4-5-12-18(15)20)21-22-19(23)17-11-6-8-14-7-2-3-10-16(14)17/h2-12H,1H3,(H,22,23)/b21-13-. The van der Waals surface area contributed by atoms with Gasteiger partial charge in [-0.2, -0.15) is 5.10 Å². The van der Waals surface area contributed by atoms with Gasteiger partial charge in [0.1, 0.15) is 0 Å². The van der Waals surface area contributed by atoms with Gasteiger partial charge in [0.25, 0.3) is 5.91 Å². The molecule has 23 heavy (non-hydrogen) atoms. The fourth-order valence-electron chi connectivity index (χ4n) is 2.43. The molecule has 0 heterocycles. The van der Waals surface area contributed by atoms with Crippen molar-refractivity contribution in [1.82, 2.24) is 5.43 Å². The molecule has 3 aromatic rings. The molecule has 0 fully saturated rings. The summed E-state index contributed by atoms with van der Waals surface area (Å²) in [5.74, 6) is -0.242. The van der Waals surface area contributed by atoms with E-state index >= 15 is 0 Å². The molecule has 0 bridgehead atoms. The first-order chi connectivity index (χ1) is 11.2. The smallest absolute Gasteiger partial charge is 0.267 e. The second kappa shape index (κ2) is 6.63. The molecule has 0 aromatic heterocycles. The predicted molar refractivity (Wildman–Crippen MR) is 95.1 cm³/mol. The number of carbonyl (C=O) groups excluding carboxylic acids is 1. The Hall–Kier alpha value is -2.65. The van der Waals surface area contributed by atoms with E-state index in [2.05, 4.69) is 10.5 Å². The molecule has 114 valence electrons. The highest BCUT2D eigenvalue weighted by Gasteiger charge is 2.09. The van der Waals surface area contributed by atoms with Gasteiger partial charge in [0.05, 0.1) is 5.71 Å². The van der Waals surface area contributed by atoms with Crippen LogP contribution in [0.2, 0.25) is 5.02 Å². The van der Waals surface area contributed by atoms with E-state index < -0.39 is 0 Å². The van der Waals surface area contributed by atoms with Crippen LogP contribution in [0.3, 0.4) is 0 Å². The van der Waals surface area contributed by atoms with Gasteiger partial charge in [0, 0.05) is 16.1 Å². The predicted octanol–water partition coefficient (Wildman–Crippen LogP) is 4.65. The third-order valence-corrected chi connectivity index (χ3v) is 3.95. The fourth-order valence-corrected chi connectivity index (χ4v) is 2.71. The van der Waals surface area contributed by atoms with Crippen molar-refractivity contribution < 1.29 is 4.79 Å². The van der Waals surface area contributed by atoms with Gasteiger partial charge in [-0.1, -0.05) is 66.2 Å². The van der Waals surface area contributed by atoms with Crippen LogP contribution < -0.4 is 5.43 Å². The molecule has 3 nitrogen and oxygen atoms in total. The Morgan fingerprint density at radius 1 is 0.913 bits per heavy atom. The van der Waals surface area contributed by atoms with Crippen LogP contribution in [0, 0.1) is 0 Å². The molecule has 4 heteroatoms. The van der Waals surface area contributed by atoms with E-state index in [-0.39, 0.29) is 5.91 Å². The number of amides is 1. The first-order valence-electron chi connectivity index (χ1n) is 7.24. The lowest BCUT2D eigenvalue weighted by atomic mass is 10.0. The minimum Gasteiger partial charge on any atom is -0.267 e. The molecule has 0 unspecified atom stereocenters. The summed E-state index contributed by atoms with van der Waals surface area (Å²) in [7, 11) is 0. The number of carbonyl (C=O) groups is 1. The van der Waals surface area contributed by atoms with Crippen molar-refractivity contribution in [2.75, 3.05) is 0 Å². The molecule has 1 N–H and O–H groups in total. The van der Waals surface area contributed by atoms with E-state index in [0.717, 1.165) is 16.3 Å². The Bertz CT molecular complexity index is 897. The molecule has 0 atom stereocenters. The van der Waals surface area contributed by atoms with Crippen LogP contribution in [0.15, 0.2) is 71.8 Å². The van der Waals surface area contributed by atoms with Crippen LogP contribution in [0.25, 0.3) is 10.8 Å². The highest BCUT2D eigenvalue weighted by atomic mass is 35.5. The third kappa shape index (κ3) is 3.25. The lowest BCUT2D eigenvalue weighted by Crippen LogP contribution is -2.19. The minimum absolute atomic E-state index is 0.242. The average molecular weight is 323 g/mol. The van der Waals surface area contributed by atoms with E-state index in [1.54, 1.807) is 12.1 Å². The highest BCUT2D eigenvalue weighted by molar-refractivity contribution is 6.34. The van der Waals surface area contributed by atoms with Crippen molar-refractivity contribution in [2.24, 2.45) is 5.10 Å². The number of benzene rings is 3. The number of nitrogens with zero attached hydrogens (tertiary/aromatic N) is 1. The van der Waals surface area contributed by atoms with Gasteiger partial charge in [-0.15, -0.1) is 0 Å². The number of rotatable bonds is 3. The summed E-state index contributed by atoms with van der Waals surface area (Å²) >= 11 is 6.14. The first-order valence-corrected chi connectivity index (χ1v) is 7.62. The van der Waals surface area contributed by atoms with E-state index in [1.807, 2.05) is 61.5 Å². The van der Waals surface area contributed by atoms with Crippen LogP contribution in [-0.2, 0) is 0 Å². The largest absolute Gasteiger partial charge is 0.272 e. The number of hydrogen-bond acceptors (Lipinski definition) is 2. The van der Waals surface area contributed by atoms with Gasteiger partial charge < -0.3 is 0 Å². The van der Waals surface area contributed by atoms with Crippen molar-refractivity contribution in [3.05, 3.63) is 82.9 Å². The second-order valence-electron chi connectivity index (χ2n) is 5.14. The number of halogens is 1. The van der Waals surface area contributed by atoms with E-state index in [9.17, 15) is 4.79 Å². The van der Waals surface area contributed by atoms with Gasteiger partial charge in [-0.05, 0) is 29.8 Å². The molecule has 0 saturated heterocycles. The number of hydrazone groups is 1. The quantitative estimate of drug-likeness (QED) is 0.553. The van der Waals surface area contributed by atoms with Crippen molar-refractivity contribution in [3.8, 4) is 0 Å². The molecule has 0 radical (unpaired) electrons. The van der Waals surface area contributed by atoms with Crippen molar-refractivity contribution in [2.45, 2.75) is 6.92 Å². The van der Waals surface area contributed by atoms with Gasteiger partial charge in [0.15, 0.2) is 0 Å². The minimum atomic E-state index is -0.242. The normalized spacial score (nSPS) is 11.5. The van der Waals surface area contributed by atoms with Crippen molar-refractivity contribution >= 4 is 34.0 Å². The Morgan fingerprint density at radius 3 is 2.39 bits per heavy atom. The Kier molecular flexibility index (Phi) is 4.40. The third-order valence-electron chi connectivity index (χ3n) is 3.62. The van der Waals surface area contributed by atoms with Gasteiger partial charge >= 0.3 is 0 Å². The zero-order valence-corrected chi connectivity index (χ0v) is 13.3. The lowest BCUT2D eigenvalue weighted by molar-refractivity contribution is 0.0956. The molecule has 1 amide bonds. The Labute approximate surface area is 139 Å². The fraction of sp³-hybridized carbons (Fsp3) is 0.0526. The zero-order chi connectivity index (χ0) is 16.2. The lowest BCUT2D eigenvalue weighted by Gasteiger charge is -2.07. The first kappa shape index (κ1) is 15.3. The van der Waals surface area contributed by atoms with Crippen LogP contribution in [0.5, 0.6) is 0 Å². The van der Waals surface area contributed by atoms with Gasteiger partial charge in [-0.25, -0.2) is 5.43 Å². The molecule has 0 spiro atoms. The summed E-state index contributed by atoms with van der Waals surface area (Å²) in [6.07, 6.45) is 0. The van der Waals surface area contributed by atoms with Crippen LogP contribution in [-0.4, -0.2) is 11.6 Å². The molecule has 0 aliphatic carbocycles. The number of hydrogen-bond donors (Lipinski definition) is 1. The average Bonchev–Trinajstić information content (AvgIpc) is 2.59. The van der Waals surface area contributed by atoms with E-state index in [1.165, 1.54) is 0 Å². The summed E-state index contributed by atoms with van der Waals surface area (Å²) in [5.41, 5.74) is 4.66. The maximum Gasteiger partial charge on any atom is 0.272 e. The summed E-state index contributed by atoms with van der Waals surface area (Å²) in [6, 6.07) is 20.8. The van der Waals surface area contributed by atoms with Crippen LogP contribution in [0.4, 0.5) is 0 Å². The molecular formula is C19H15ClN2O. The van der Waals surface area contributed by atoms with E-state index in [0.29, 0.717) is 16.3 Å². The van der Waals surface area contributed by atoms with Crippen LogP contribution >= 0.6 is 11.6 Å². The van der Waals surface area contributed by atoms with E-state index in [4.69, 9.17) is 11.6 Å². The van der Waals surface area contributed by atoms with Gasteiger partial charge in [-0.3, -0.25) is 4.79 Å². The molecule has 0 aliphatic rings. The molecule has 3 rings (SSSR count). The van der Waals surface area contributed by atoms with Crippen LogP contribution in [0.1, 0.15) is 22.8 Å².